The number of nitrogen functional groups attached to an aromatic ring is 1. The average Bonchev–Trinajstić information content (AvgIpc) is 2.86. The number of aromatic carboxylic acids is 1. The largest absolute Gasteiger partial charge is 0.475 e. The maximum Gasteiger partial charge on any atom is 0.372 e. The summed E-state index contributed by atoms with van der Waals surface area (Å²) < 4.78 is 5.41. The van der Waals surface area contributed by atoms with Gasteiger partial charge in [0.25, 0.3) is 0 Å². The van der Waals surface area contributed by atoms with Crippen LogP contribution in [0.4, 0.5) is 5.69 Å². The number of nitrogens with zero attached hydrogens (tertiary/aromatic N) is 1. The van der Waals surface area contributed by atoms with E-state index in [1.165, 1.54) is 11.8 Å². The molecule has 3 aromatic rings. The topological polar surface area (TPSA) is 89.4 Å². The second-order valence-corrected chi connectivity index (χ2v) is 5.43. The number of carboxylic acid groups (broad SMARTS) is 1. The van der Waals surface area contributed by atoms with Crippen LogP contribution in [0.25, 0.3) is 11.0 Å². The van der Waals surface area contributed by atoms with Crippen LogP contribution in [-0.4, -0.2) is 16.1 Å². The number of carboxylic acids is 1. The molecule has 0 unspecified atom stereocenters. The quantitative estimate of drug-likeness (QED) is 0.718. The van der Waals surface area contributed by atoms with Crippen molar-refractivity contribution in [1.82, 2.24) is 4.98 Å². The molecule has 5 nitrogen and oxygen atoms in total. The minimum Gasteiger partial charge on any atom is -0.475 e. The molecule has 2 heterocycles. The van der Waals surface area contributed by atoms with E-state index in [0.29, 0.717) is 22.6 Å². The summed E-state index contributed by atoms with van der Waals surface area (Å²) in [6, 6.07) is 10.9. The van der Waals surface area contributed by atoms with Crippen LogP contribution in [-0.2, 0) is 5.75 Å². The summed E-state index contributed by atoms with van der Waals surface area (Å²) in [6.07, 6.45) is 1.58. The van der Waals surface area contributed by atoms with Crippen LogP contribution >= 0.6 is 11.8 Å². The number of rotatable bonds is 4. The van der Waals surface area contributed by atoms with Crippen molar-refractivity contribution in [2.75, 3.05) is 5.73 Å². The van der Waals surface area contributed by atoms with Crippen LogP contribution in [0.2, 0.25) is 0 Å². The molecule has 1 aromatic carbocycles. The molecule has 0 aliphatic carbocycles. The maximum absolute atomic E-state index is 11.3. The molecule has 0 bridgehead atoms. The van der Waals surface area contributed by atoms with Crippen molar-refractivity contribution in [2.45, 2.75) is 10.8 Å². The van der Waals surface area contributed by atoms with Gasteiger partial charge in [-0.2, -0.15) is 0 Å². The number of nitrogens with two attached hydrogens (primary N) is 1. The van der Waals surface area contributed by atoms with Gasteiger partial charge in [0, 0.05) is 16.7 Å². The first-order chi connectivity index (χ1) is 10.1. The second kappa shape index (κ2) is 5.49. The minimum absolute atomic E-state index is 0.0147. The fourth-order valence-electron chi connectivity index (χ4n) is 2.04. The Hall–Kier alpha value is -2.47. The number of benzene rings is 1. The molecule has 0 saturated carbocycles. The van der Waals surface area contributed by atoms with Crippen molar-refractivity contribution < 1.29 is 14.3 Å². The van der Waals surface area contributed by atoms with E-state index in [4.69, 9.17) is 10.2 Å². The molecule has 6 heteroatoms. The third-order valence-corrected chi connectivity index (χ3v) is 3.99. The molecule has 0 atom stereocenters. The molecule has 0 spiro atoms. The Bertz CT molecular complexity index is 796. The molecular weight excluding hydrogens is 288 g/mol. The summed E-state index contributed by atoms with van der Waals surface area (Å²) in [6.45, 7) is 0. The highest BCUT2D eigenvalue weighted by molar-refractivity contribution is 7.98. The Labute approximate surface area is 124 Å². The van der Waals surface area contributed by atoms with Gasteiger partial charge < -0.3 is 15.3 Å². The molecule has 0 saturated heterocycles. The van der Waals surface area contributed by atoms with Crippen molar-refractivity contribution in [3.63, 3.8) is 0 Å². The van der Waals surface area contributed by atoms with Gasteiger partial charge in [0.05, 0.1) is 16.9 Å². The van der Waals surface area contributed by atoms with Gasteiger partial charge in [-0.05, 0) is 18.2 Å². The normalized spacial score (nSPS) is 10.9. The monoisotopic (exact) mass is 300 g/mol. The van der Waals surface area contributed by atoms with E-state index in [0.717, 1.165) is 10.4 Å². The van der Waals surface area contributed by atoms with Crippen LogP contribution in [0, 0.1) is 0 Å². The molecule has 0 radical (unpaired) electrons. The molecule has 106 valence electrons. The Morgan fingerprint density at radius 1 is 1.29 bits per heavy atom. The maximum atomic E-state index is 11.3. The van der Waals surface area contributed by atoms with Crippen molar-refractivity contribution in [2.24, 2.45) is 0 Å². The molecule has 0 aliphatic heterocycles. The van der Waals surface area contributed by atoms with Crippen LogP contribution in [0.5, 0.6) is 0 Å². The molecular formula is C15H12N2O3S. The molecule has 3 rings (SSSR count). The van der Waals surface area contributed by atoms with Gasteiger partial charge in [-0.25, -0.2) is 9.78 Å². The first-order valence-electron chi connectivity index (χ1n) is 6.23. The Balaban J connectivity index is 1.93. The third kappa shape index (κ3) is 2.71. The van der Waals surface area contributed by atoms with Crippen LogP contribution in [0.15, 0.2) is 52.0 Å². The summed E-state index contributed by atoms with van der Waals surface area (Å²) in [7, 11) is 0. The second-order valence-electron chi connectivity index (χ2n) is 4.43. The predicted molar refractivity (Wildman–Crippen MR) is 81.4 cm³/mol. The highest BCUT2D eigenvalue weighted by Crippen LogP contribution is 2.31. The van der Waals surface area contributed by atoms with Gasteiger partial charge in [0.1, 0.15) is 5.58 Å². The lowest BCUT2D eigenvalue weighted by Gasteiger charge is -2.01. The van der Waals surface area contributed by atoms with Crippen molar-refractivity contribution in [3.8, 4) is 0 Å². The van der Waals surface area contributed by atoms with Gasteiger partial charge in [-0.15, -0.1) is 11.8 Å². The van der Waals surface area contributed by atoms with Gasteiger partial charge >= 0.3 is 5.97 Å². The Kier molecular flexibility index (Phi) is 3.53. The van der Waals surface area contributed by atoms with Crippen LogP contribution in [0.3, 0.4) is 0 Å². The van der Waals surface area contributed by atoms with E-state index in [9.17, 15) is 9.90 Å². The van der Waals surface area contributed by atoms with Crippen LogP contribution in [0.1, 0.15) is 16.1 Å². The smallest absolute Gasteiger partial charge is 0.372 e. The lowest BCUT2D eigenvalue weighted by molar-refractivity contribution is 0.0664. The number of pyridine rings is 1. The van der Waals surface area contributed by atoms with E-state index >= 15 is 0 Å². The molecule has 2 aromatic heterocycles. The zero-order valence-electron chi connectivity index (χ0n) is 10.9. The highest BCUT2D eigenvalue weighted by atomic mass is 32.2. The number of anilines is 1. The third-order valence-electron chi connectivity index (χ3n) is 3.02. The number of para-hydroxylation sites is 1. The number of thioether (sulfide) groups is 1. The lowest BCUT2D eigenvalue weighted by atomic mass is 10.1. The number of fused-ring (bicyclic) bond motifs is 1. The standard InChI is InChI=1S/C15H12N2O3S/c16-9-5-6-13(17-7-9)21-8-11-10-3-1-2-4-12(10)20-14(11)15(18)19/h1-7H,8,16H2,(H,18,19). The van der Waals surface area contributed by atoms with E-state index < -0.39 is 5.97 Å². The van der Waals surface area contributed by atoms with Crippen molar-refractivity contribution in [3.05, 3.63) is 53.9 Å². The zero-order valence-corrected chi connectivity index (χ0v) is 11.8. The average molecular weight is 300 g/mol. The fraction of sp³-hybridized carbons (Fsp3) is 0.0667. The summed E-state index contributed by atoms with van der Waals surface area (Å²) in [5, 5.41) is 10.9. The van der Waals surface area contributed by atoms with Crippen molar-refractivity contribution in [1.29, 1.82) is 0 Å². The fourth-order valence-corrected chi connectivity index (χ4v) is 2.91. The van der Waals surface area contributed by atoms with Gasteiger partial charge in [0.2, 0.25) is 5.76 Å². The summed E-state index contributed by atoms with van der Waals surface area (Å²) in [4.78, 5) is 15.5. The molecule has 0 aliphatic rings. The first-order valence-corrected chi connectivity index (χ1v) is 7.22. The van der Waals surface area contributed by atoms with E-state index in [2.05, 4.69) is 4.98 Å². The molecule has 0 fully saturated rings. The van der Waals surface area contributed by atoms with Crippen LogP contribution < -0.4 is 5.73 Å². The predicted octanol–water partition coefficient (Wildman–Crippen LogP) is 3.40. The highest BCUT2D eigenvalue weighted by Gasteiger charge is 2.19. The molecule has 0 amide bonds. The summed E-state index contributed by atoms with van der Waals surface area (Å²) in [5.41, 5.74) is 7.44. The number of furan rings is 1. The van der Waals surface area contributed by atoms with E-state index in [1.807, 2.05) is 24.3 Å². The summed E-state index contributed by atoms with van der Waals surface area (Å²) >= 11 is 1.44. The van der Waals surface area contributed by atoms with Gasteiger partial charge in [-0.3, -0.25) is 0 Å². The number of aromatic nitrogens is 1. The lowest BCUT2D eigenvalue weighted by Crippen LogP contribution is -1.98. The van der Waals surface area contributed by atoms with E-state index in [-0.39, 0.29) is 5.76 Å². The number of carbonyl (C=O) groups is 1. The van der Waals surface area contributed by atoms with Gasteiger partial charge in [0.15, 0.2) is 0 Å². The van der Waals surface area contributed by atoms with Gasteiger partial charge in [-0.1, -0.05) is 18.2 Å². The molecule has 3 N–H and O–H groups in total. The first kappa shape index (κ1) is 13.5. The number of hydrogen-bond acceptors (Lipinski definition) is 5. The Morgan fingerprint density at radius 2 is 2.10 bits per heavy atom. The molecule has 21 heavy (non-hydrogen) atoms. The van der Waals surface area contributed by atoms with Crippen molar-refractivity contribution >= 4 is 34.4 Å². The zero-order chi connectivity index (χ0) is 14.8. The Morgan fingerprint density at radius 3 is 2.81 bits per heavy atom. The van der Waals surface area contributed by atoms with E-state index in [1.54, 1.807) is 18.3 Å². The summed E-state index contributed by atoms with van der Waals surface area (Å²) in [5.74, 6) is -0.610. The SMILES string of the molecule is Nc1ccc(SCc2c(C(=O)O)oc3ccccc23)nc1. The number of hydrogen-bond donors (Lipinski definition) is 2. The minimum atomic E-state index is -1.06.